The van der Waals surface area contributed by atoms with Crippen LogP contribution in [-0.4, -0.2) is 85.1 Å². The van der Waals surface area contributed by atoms with Crippen molar-refractivity contribution in [2.75, 3.05) is 40.9 Å². The molecule has 190 valence electrons. The van der Waals surface area contributed by atoms with E-state index >= 15 is 0 Å². The molecule has 2 fully saturated rings. The summed E-state index contributed by atoms with van der Waals surface area (Å²) in [7, 11) is 4.43. The summed E-state index contributed by atoms with van der Waals surface area (Å²) >= 11 is 0. The van der Waals surface area contributed by atoms with Gasteiger partial charge in [-0.3, -0.25) is 9.80 Å². The molecule has 2 aliphatic rings. The van der Waals surface area contributed by atoms with Crippen LogP contribution in [0.3, 0.4) is 0 Å². The molecular formula is C26H52N2O4. The van der Waals surface area contributed by atoms with Gasteiger partial charge >= 0.3 is 0 Å². The highest BCUT2D eigenvalue weighted by atomic mass is 16.7. The molecule has 0 aromatic rings. The van der Waals surface area contributed by atoms with E-state index < -0.39 is 0 Å². The maximum atomic E-state index is 6.05. The molecule has 0 N–H and O–H groups in total. The first-order valence-corrected chi connectivity index (χ1v) is 12.5. The van der Waals surface area contributed by atoms with Crippen LogP contribution in [-0.2, 0) is 18.9 Å². The maximum absolute atomic E-state index is 6.05. The molecule has 6 nitrogen and oxygen atoms in total. The summed E-state index contributed by atoms with van der Waals surface area (Å²) < 4.78 is 23.6. The normalized spacial score (nSPS) is 26.4. The Morgan fingerprint density at radius 1 is 0.562 bits per heavy atom. The Balaban J connectivity index is 1.50. The van der Waals surface area contributed by atoms with E-state index in [1.54, 1.807) is 0 Å². The molecule has 6 heteroatoms. The molecule has 0 atom stereocenters. The third kappa shape index (κ3) is 7.64. The fraction of sp³-hybridized carbons (Fsp3) is 1.00. The van der Waals surface area contributed by atoms with E-state index in [9.17, 15) is 0 Å². The Morgan fingerprint density at radius 2 is 0.844 bits per heavy atom. The van der Waals surface area contributed by atoms with Gasteiger partial charge in [-0.25, -0.2) is 0 Å². The first kappa shape index (κ1) is 28.0. The molecule has 0 aliphatic carbocycles. The van der Waals surface area contributed by atoms with Crippen molar-refractivity contribution in [3.63, 3.8) is 0 Å². The number of likely N-dealkylation sites (tertiary alicyclic amines) is 2. The van der Waals surface area contributed by atoms with Crippen molar-refractivity contribution >= 4 is 0 Å². The summed E-state index contributed by atoms with van der Waals surface area (Å²) in [5.74, 6) is 0. The number of piperidine rings is 2. The van der Waals surface area contributed by atoms with E-state index in [2.05, 4.69) is 79.3 Å². The molecule has 0 bridgehead atoms. The monoisotopic (exact) mass is 456 g/mol. The zero-order valence-electron chi connectivity index (χ0n) is 22.8. The molecule has 0 aromatic carbocycles. The van der Waals surface area contributed by atoms with Crippen molar-refractivity contribution in [1.29, 1.82) is 0 Å². The Morgan fingerprint density at radius 3 is 1.12 bits per heavy atom. The van der Waals surface area contributed by atoms with Crippen LogP contribution in [0.4, 0.5) is 0 Å². The molecule has 2 rings (SSSR count). The molecule has 32 heavy (non-hydrogen) atoms. The summed E-state index contributed by atoms with van der Waals surface area (Å²) in [6.07, 6.45) is 6.61. The molecule has 0 aromatic heterocycles. The maximum Gasteiger partial charge on any atom is 0.147 e. The van der Waals surface area contributed by atoms with Gasteiger partial charge in [-0.15, -0.1) is 0 Å². The van der Waals surface area contributed by atoms with Crippen LogP contribution < -0.4 is 0 Å². The minimum absolute atomic E-state index is 0.144. The minimum Gasteiger partial charge on any atom is -0.355 e. The second-order valence-corrected chi connectivity index (χ2v) is 12.5. The average molecular weight is 457 g/mol. The van der Waals surface area contributed by atoms with Crippen LogP contribution in [0.15, 0.2) is 0 Å². The summed E-state index contributed by atoms with van der Waals surface area (Å²) in [5.41, 5.74) is 0.575. The molecule has 0 amide bonds. The van der Waals surface area contributed by atoms with Gasteiger partial charge < -0.3 is 18.9 Å². The van der Waals surface area contributed by atoms with E-state index in [-0.39, 0.29) is 34.4 Å². The van der Waals surface area contributed by atoms with E-state index in [0.717, 1.165) is 38.5 Å². The van der Waals surface area contributed by atoms with Gasteiger partial charge in [-0.05, 0) is 108 Å². The van der Waals surface area contributed by atoms with Gasteiger partial charge in [0.05, 0.1) is 12.2 Å². The largest absolute Gasteiger partial charge is 0.355 e. The van der Waals surface area contributed by atoms with Crippen LogP contribution in [0.1, 0.15) is 93.9 Å². The van der Waals surface area contributed by atoms with Gasteiger partial charge in [0.1, 0.15) is 13.6 Å². The Labute approximate surface area is 198 Å². The lowest BCUT2D eigenvalue weighted by atomic mass is 9.79. The van der Waals surface area contributed by atoms with Gasteiger partial charge in [0.25, 0.3) is 0 Å². The molecule has 2 heterocycles. The second kappa shape index (κ2) is 11.0. The van der Waals surface area contributed by atoms with Crippen molar-refractivity contribution in [3.8, 4) is 0 Å². The molecule has 0 radical (unpaired) electrons. The zero-order valence-corrected chi connectivity index (χ0v) is 22.8. The standard InChI is InChI=1S/C26H52N2O4/c1-23(2)15-21(16-24(3,4)27(23)9)31-19-29-13-11-12-14-30-20-32-22-17-25(5,6)28(10)26(7,8)18-22/h21-22H,11-20H2,1-10H3. The van der Waals surface area contributed by atoms with E-state index in [1.807, 2.05) is 0 Å². The topological polar surface area (TPSA) is 43.4 Å². The fourth-order valence-corrected chi connectivity index (χ4v) is 5.61. The van der Waals surface area contributed by atoms with Gasteiger partial charge in [-0.1, -0.05) is 0 Å². The zero-order chi connectivity index (χ0) is 24.2. The lowest BCUT2D eigenvalue weighted by Gasteiger charge is -2.53. The second-order valence-electron chi connectivity index (χ2n) is 12.5. The van der Waals surface area contributed by atoms with Crippen molar-refractivity contribution < 1.29 is 18.9 Å². The van der Waals surface area contributed by atoms with Gasteiger partial charge in [0.15, 0.2) is 0 Å². The third-order valence-electron chi connectivity index (χ3n) is 8.14. The number of unbranched alkanes of at least 4 members (excludes halogenated alkanes) is 1. The lowest BCUT2D eigenvalue weighted by Crippen LogP contribution is -2.60. The SMILES string of the molecule is CN1C(C)(C)CC(OCOCCCCOCOC2CC(C)(C)N(C)C(C)(C)C2)CC1(C)C. The van der Waals surface area contributed by atoms with E-state index in [4.69, 9.17) is 18.9 Å². The smallest absolute Gasteiger partial charge is 0.147 e. The minimum atomic E-state index is 0.144. The van der Waals surface area contributed by atoms with Crippen LogP contribution in [0.2, 0.25) is 0 Å². The van der Waals surface area contributed by atoms with Gasteiger partial charge in [0.2, 0.25) is 0 Å². The molecular weight excluding hydrogens is 404 g/mol. The van der Waals surface area contributed by atoms with Crippen LogP contribution in [0.25, 0.3) is 0 Å². The van der Waals surface area contributed by atoms with Gasteiger partial charge in [-0.2, -0.15) is 0 Å². The van der Waals surface area contributed by atoms with Crippen molar-refractivity contribution in [3.05, 3.63) is 0 Å². The Kier molecular flexibility index (Phi) is 9.63. The number of hydrogen-bond donors (Lipinski definition) is 0. The summed E-state index contributed by atoms with van der Waals surface area (Å²) in [4.78, 5) is 4.94. The highest BCUT2D eigenvalue weighted by Crippen LogP contribution is 2.39. The lowest BCUT2D eigenvalue weighted by molar-refractivity contribution is -0.148. The number of nitrogens with zero attached hydrogens (tertiary/aromatic N) is 2. The molecule has 0 unspecified atom stereocenters. The molecule has 0 spiro atoms. The van der Waals surface area contributed by atoms with E-state index in [0.29, 0.717) is 26.8 Å². The van der Waals surface area contributed by atoms with Crippen LogP contribution in [0, 0.1) is 0 Å². The third-order valence-corrected chi connectivity index (χ3v) is 8.14. The summed E-state index contributed by atoms with van der Waals surface area (Å²) in [5, 5.41) is 0. The number of ether oxygens (including phenoxy) is 4. The summed E-state index contributed by atoms with van der Waals surface area (Å²) in [6.45, 7) is 20.5. The van der Waals surface area contributed by atoms with Crippen molar-refractivity contribution in [2.24, 2.45) is 0 Å². The van der Waals surface area contributed by atoms with Crippen molar-refractivity contribution in [2.45, 2.75) is 128 Å². The number of rotatable bonds is 11. The number of hydrogen-bond acceptors (Lipinski definition) is 6. The Hall–Kier alpha value is -0.240. The highest BCUT2D eigenvalue weighted by molar-refractivity contribution is 4.99. The predicted molar refractivity (Wildman–Crippen MR) is 131 cm³/mol. The van der Waals surface area contributed by atoms with Crippen LogP contribution in [0.5, 0.6) is 0 Å². The quantitative estimate of drug-likeness (QED) is 0.320. The fourth-order valence-electron chi connectivity index (χ4n) is 5.61. The summed E-state index contributed by atoms with van der Waals surface area (Å²) in [6, 6.07) is 0. The highest BCUT2D eigenvalue weighted by Gasteiger charge is 2.44. The Bertz CT molecular complexity index is 490. The van der Waals surface area contributed by atoms with Crippen molar-refractivity contribution in [1.82, 2.24) is 9.80 Å². The molecule has 0 saturated carbocycles. The predicted octanol–water partition coefficient (Wildman–Crippen LogP) is 5.05. The first-order chi connectivity index (χ1) is 14.7. The molecule has 2 saturated heterocycles. The average Bonchev–Trinajstić information content (AvgIpc) is 2.64. The van der Waals surface area contributed by atoms with Crippen LogP contribution >= 0.6 is 0 Å². The van der Waals surface area contributed by atoms with Gasteiger partial charge in [0, 0.05) is 35.4 Å². The molecule has 2 aliphatic heterocycles. The first-order valence-electron chi connectivity index (χ1n) is 12.5. The van der Waals surface area contributed by atoms with E-state index in [1.165, 1.54) is 0 Å².